The normalized spacial score (nSPS) is 15.6. The van der Waals surface area contributed by atoms with Gasteiger partial charge < -0.3 is 26.8 Å². The molecule has 6 N–H and O–H groups in total. The summed E-state index contributed by atoms with van der Waals surface area (Å²) < 4.78 is 3.83. The summed E-state index contributed by atoms with van der Waals surface area (Å²) in [7, 11) is 0. The molecule has 2 rings (SSSR count). The Morgan fingerprint density at radius 2 is 2.04 bits per heavy atom. The summed E-state index contributed by atoms with van der Waals surface area (Å²) >= 11 is 0.775. The van der Waals surface area contributed by atoms with Gasteiger partial charge >= 0.3 is 0 Å². The van der Waals surface area contributed by atoms with E-state index in [2.05, 4.69) is 9.69 Å². The molecule has 1 aromatic heterocycles. The zero-order valence-electron chi connectivity index (χ0n) is 14.7. The van der Waals surface area contributed by atoms with Crippen molar-refractivity contribution in [1.82, 2.24) is 14.6 Å². The Balaban J connectivity index is 2.17. The van der Waals surface area contributed by atoms with Crippen molar-refractivity contribution in [2.45, 2.75) is 51.1 Å². The van der Waals surface area contributed by atoms with Crippen LogP contribution in [0.25, 0.3) is 0 Å². The number of nitrogen functional groups attached to an aromatic ring is 1. The summed E-state index contributed by atoms with van der Waals surface area (Å²) in [5, 5.41) is 12.1. The van der Waals surface area contributed by atoms with E-state index in [1.807, 2.05) is 0 Å². The van der Waals surface area contributed by atoms with Crippen molar-refractivity contribution in [3.05, 3.63) is 10.6 Å². The fourth-order valence-electron chi connectivity index (χ4n) is 3.01. The van der Waals surface area contributed by atoms with Crippen LogP contribution in [0.1, 0.15) is 59.2 Å². The van der Waals surface area contributed by atoms with Gasteiger partial charge in [-0.1, -0.05) is 12.8 Å². The number of carbonyl (C=O) groups is 3. The second-order valence-electron chi connectivity index (χ2n) is 6.38. The highest BCUT2D eigenvalue weighted by Crippen LogP contribution is 2.24. The molecule has 0 aliphatic heterocycles. The maximum absolute atomic E-state index is 12.9. The predicted octanol–water partition coefficient (Wildman–Crippen LogP) is 0.0961. The van der Waals surface area contributed by atoms with E-state index in [4.69, 9.17) is 16.6 Å². The number of nitrogens with two attached hydrogens (primary N) is 2. The first kappa shape index (κ1) is 20.1. The molecule has 0 saturated heterocycles. The minimum Gasteiger partial charge on any atom is -0.396 e. The molecular weight excluding hydrogens is 358 g/mol. The maximum atomic E-state index is 12.9. The molecule has 3 amide bonds. The largest absolute Gasteiger partial charge is 0.396 e. The highest BCUT2D eigenvalue weighted by atomic mass is 32.1. The number of nitrogens with one attached hydrogen (secondary N) is 1. The van der Waals surface area contributed by atoms with Crippen molar-refractivity contribution in [3.8, 4) is 0 Å². The van der Waals surface area contributed by atoms with Crippen molar-refractivity contribution in [2.24, 2.45) is 5.73 Å². The number of aliphatic hydroxyl groups excluding tert-OH is 1. The van der Waals surface area contributed by atoms with Crippen LogP contribution in [-0.4, -0.2) is 57.3 Å². The van der Waals surface area contributed by atoms with Crippen LogP contribution in [0.3, 0.4) is 0 Å². The number of carbonyl (C=O) groups excluding carboxylic acids is 3. The number of nitrogens with zero attached hydrogens (tertiary/aromatic N) is 2. The molecule has 1 saturated carbocycles. The Labute approximate surface area is 155 Å². The van der Waals surface area contributed by atoms with E-state index in [1.165, 1.54) is 4.90 Å². The van der Waals surface area contributed by atoms with Crippen molar-refractivity contribution in [1.29, 1.82) is 0 Å². The highest BCUT2D eigenvalue weighted by Gasteiger charge is 2.31. The lowest BCUT2D eigenvalue weighted by Crippen LogP contribution is -2.50. The van der Waals surface area contributed by atoms with Gasteiger partial charge in [-0.15, -0.1) is 0 Å². The number of amides is 3. The zero-order chi connectivity index (χ0) is 19.3. The van der Waals surface area contributed by atoms with Gasteiger partial charge in [0.15, 0.2) is 5.69 Å². The molecule has 1 heterocycles. The second kappa shape index (κ2) is 8.95. The molecule has 1 aliphatic rings. The van der Waals surface area contributed by atoms with E-state index < -0.39 is 17.9 Å². The first-order valence-corrected chi connectivity index (χ1v) is 9.41. The summed E-state index contributed by atoms with van der Waals surface area (Å²) in [5.74, 6) is -1.57. The van der Waals surface area contributed by atoms with Crippen molar-refractivity contribution < 1.29 is 19.5 Å². The molecule has 1 unspecified atom stereocenters. The standard InChI is InChI=1S/C16H25N5O4S/c1-9(15(24)19-10-5-2-3-6-10)21(7-4-8-22)16(25)13-11(17)12(14(18)23)20-26-13/h9-10,22H,2-8,17H2,1H3,(H2,18,23)(H,19,24). The van der Waals surface area contributed by atoms with Crippen molar-refractivity contribution >= 4 is 34.9 Å². The van der Waals surface area contributed by atoms with E-state index >= 15 is 0 Å². The van der Waals surface area contributed by atoms with Crippen LogP contribution in [0.2, 0.25) is 0 Å². The molecule has 1 atom stereocenters. The Hall–Kier alpha value is -2.20. The molecule has 1 aliphatic carbocycles. The monoisotopic (exact) mass is 383 g/mol. The number of anilines is 1. The van der Waals surface area contributed by atoms with Crippen LogP contribution < -0.4 is 16.8 Å². The first-order valence-electron chi connectivity index (χ1n) is 8.64. The minimum absolute atomic E-state index is 0.0669. The number of rotatable bonds is 8. The number of aliphatic hydroxyl groups is 1. The van der Waals surface area contributed by atoms with Gasteiger partial charge in [0.25, 0.3) is 11.8 Å². The van der Waals surface area contributed by atoms with Gasteiger partial charge in [-0.3, -0.25) is 14.4 Å². The Bertz CT molecular complexity index is 672. The Kier molecular flexibility index (Phi) is 6.92. The third-order valence-corrected chi connectivity index (χ3v) is 5.37. The summed E-state index contributed by atoms with van der Waals surface area (Å²) in [4.78, 5) is 38.2. The van der Waals surface area contributed by atoms with E-state index in [0.717, 1.165) is 37.2 Å². The average Bonchev–Trinajstić information content (AvgIpc) is 3.24. The molecule has 1 fully saturated rings. The van der Waals surface area contributed by atoms with E-state index in [9.17, 15) is 14.4 Å². The van der Waals surface area contributed by atoms with Crippen LogP contribution in [-0.2, 0) is 4.79 Å². The van der Waals surface area contributed by atoms with Crippen LogP contribution in [0, 0.1) is 0 Å². The summed E-state index contributed by atoms with van der Waals surface area (Å²) in [6.07, 6.45) is 4.35. The van der Waals surface area contributed by atoms with Crippen LogP contribution in [0.15, 0.2) is 0 Å². The second-order valence-corrected chi connectivity index (χ2v) is 7.15. The molecule has 10 heteroatoms. The van der Waals surface area contributed by atoms with Gasteiger partial charge in [0, 0.05) is 19.2 Å². The third kappa shape index (κ3) is 4.50. The quantitative estimate of drug-likeness (QED) is 0.499. The van der Waals surface area contributed by atoms with Gasteiger partial charge in [-0.25, -0.2) is 0 Å². The highest BCUT2D eigenvalue weighted by molar-refractivity contribution is 7.09. The lowest BCUT2D eigenvalue weighted by molar-refractivity contribution is -0.125. The summed E-state index contributed by atoms with van der Waals surface area (Å²) in [5.41, 5.74) is 10.8. The SMILES string of the molecule is CC(C(=O)NC1CCCC1)N(CCCO)C(=O)c1snc(C(N)=O)c1N. The number of hydrogen-bond donors (Lipinski definition) is 4. The minimum atomic E-state index is -0.813. The Morgan fingerprint density at radius 3 is 2.58 bits per heavy atom. The molecular formula is C16H25N5O4S. The van der Waals surface area contributed by atoms with Gasteiger partial charge in [-0.05, 0) is 37.7 Å². The number of hydrogen-bond acceptors (Lipinski definition) is 7. The fourth-order valence-corrected chi connectivity index (χ4v) is 3.77. The first-order chi connectivity index (χ1) is 12.4. The smallest absolute Gasteiger partial charge is 0.270 e. The fraction of sp³-hybridized carbons (Fsp3) is 0.625. The lowest BCUT2D eigenvalue weighted by Gasteiger charge is -2.29. The van der Waals surface area contributed by atoms with E-state index in [0.29, 0.717) is 6.42 Å². The van der Waals surface area contributed by atoms with Gasteiger partial charge in [0.1, 0.15) is 10.9 Å². The summed E-state index contributed by atoms with van der Waals surface area (Å²) in [6.45, 7) is 1.69. The zero-order valence-corrected chi connectivity index (χ0v) is 15.6. The summed E-state index contributed by atoms with van der Waals surface area (Å²) in [6, 6.07) is -0.608. The lowest BCUT2D eigenvalue weighted by atomic mass is 10.1. The molecule has 26 heavy (non-hydrogen) atoms. The predicted molar refractivity (Wildman–Crippen MR) is 97.6 cm³/mol. The Morgan fingerprint density at radius 1 is 1.38 bits per heavy atom. The van der Waals surface area contributed by atoms with E-state index in [1.54, 1.807) is 6.92 Å². The molecule has 0 spiro atoms. The molecule has 9 nitrogen and oxygen atoms in total. The van der Waals surface area contributed by atoms with E-state index in [-0.39, 0.29) is 41.4 Å². The third-order valence-electron chi connectivity index (χ3n) is 4.52. The van der Waals surface area contributed by atoms with Crippen LogP contribution >= 0.6 is 11.5 Å². The van der Waals surface area contributed by atoms with Crippen LogP contribution in [0.5, 0.6) is 0 Å². The molecule has 144 valence electrons. The molecule has 0 aromatic carbocycles. The number of primary amides is 1. The van der Waals surface area contributed by atoms with Gasteiger partial charge in [0.2, 0.25) is 5.91 Å². The number of aromatic nitrogens is 1. The maximum Gasteiger partial charge on any atom is 0.270 e. The molecule has 1 aromatic rings. The average molecular weight is 383 g/mol. The molecule has 0 radical (unpaired) electrons. The van der Waals surface area contributed by atoms with Gasteiger partial charge in [-0.2, -0.15) is 4.37 Å². The van der Waals surface area contributed by atoms with Crippen molar-refractivity contribution in [2.75, 3.05) is 18.9 Å². The van der Waals surface area contributed by atoms with Crippen LogP contribution in [0.4, 0.5) is 5.69 Å². The van der Waals surface area contributed by atoms with Gasteiger partial charge in [0.05, 0.1) is 5.69 Å². The van der Waals surface area contributed by atoms with Crippen molar-refractivity contribution in [3.63, 3.8) is 0 Å². The topological polar surface area (TPSA) is 152 Å². The molecule has 0 bridgehead atoms.